The van der Waals surface area contributed by atoms with Crippen molar-refractivity contribution in [2.45, 2.75) is 12.0 Å². The van der Waals surface area contributed by atoms with Crippen molar-refractivity contribution in [3.05, 3.63) is 83.8 Å². The van der Waals surface area contributed by atoms with Gasteiger partial charge in [0, 0.05) is 17.7 Å². The molecule has 0 spiro atoms. The van der Waals surface area contributed by atoms with E-state index in [0.717, 1.165) is 28.4 Å². The van der Waals surface area contributed by atoms with Crippen molar-refractivity contribution in [2.75, 3.05) is 20.6 Å². The largest absolute Gasteiger partial charge is 0.468 e. The number of amides is 1. The molecule has 0 aliphatic carbocycles. The van der Waals surface area contributed by atoms with E-state index < -0.39 is 5.92 Å². The number of benzene rings is 2. The summed E-state index contributed by atoms with van der Waals surface area (Å²) in [5, 5.41) is 3.11. The second-order valence-electron chi connectivity index (χ2n) is 6.85. The monoisotopic (exact) mass is 362 g/mol. The number of nitrogens with zero attached hydrogens (tertiary/aromatic N) is 1. The Hall–Kier alpha value is -3.05. The fourth-order valence-electron chi connectivity index (χ4n) is 3.51. The third-order valence-electron chi connectivity index (χ3n) is 4.91. The number of likely N-dealkylation sites (N-methyl/N-ethyl adjacent to an activating group) is 1. The fourth-order valence-corrected chi connectivity index (χ4v) is 3.51. The van der Waals surface area contributed by atoms with Crippen LogP contribution < -0.4 is 10.1 Å². The minimum Gasteiger partial charge on any atom is -0.468 e. The zero-order valence-corrected chi connectivity index (χ0v) is 15.4. The number of para-hydroxylation sites is 2. The topological polar surface area (TPSA) is 54.7 Å². The highest BCUT2D eigenvalue weighted by atomic mass is 16.5. The van der Waals surface area contributed by atoms with Crippen LogP contribution in [0.25, 0.3) is 0 Å². The molecule has 2 heterocycles. The van der Waals surface area contributed by atoms with Crippen LogP contribution in [-0.2, 0) is 4.79 Å². The van der Waals surface area contributed by atoms with Gasteiger partial charge in [-0.05, 0) is 38.4 Å². The molecule has 5 heteroatoms. The SMILES string of the molecule is CN(C)C(CNC(=O)C1c2ccccc2Oc2ccccc21)c1ccco1. The molecule has 2 aromatic carbocycles. The van der Waals surface area contributed by atoms with Crippen molar-refractivity contribution in [2.24, 2.45) is 0 Å². The minimum atomic E-state index is -0.398. The van der Waals surface area contributed by atoms with Crippen LogP contribution in [0, 0.1) is 0 Å². The molecule has 1 aliphatic rings. The lowest BCUT2D eigenvalue weighted by Crippen LogP contribution is -2.37. The molecule has 3 aromatic rings. The average Bonchev–Trinajstić information content (AvgIpc) is 3.20. The maximum Gasteiger partial charge on any atom is 0.232 e. The van der Waals surface area contributed by atoms with Gasteiger partial charge in [0.05, 0.1) is 18.2 Å². The van der Waals surface area contributed by atoms with Gasteiger partial charge in [-0.3, -0.25) is 9.69 Å². The smallest absolute Gasteiger partial charge is 0.232 e. The van der Waals surface area contributed by atoms with Gasteiger partial charge < -0.3 is 14.5 Å². The lowest BCUT2D eigenvalue weighted by Gasteiger charge is -2.28. The first-order valence-corrected chi connectivity index (χ1v) is 8.98. The van der Waals surface area contributed by atoms with Gasteiger partial charge in [-0.25, -0.2) is 0 Å². The molecule has 0 radical (unpaired) electrons. The zero-order valence-electron chi connectivity index (χ0n) is 15.4. The first-order valence-electron chi connectivity index (χ1n) is 8.98. The van der Waals surface area contributed by atoms with E-state index >= 15 is 0 Å². The van der Waals surface area contributed by atoms with Gasteiger partial charge in [0.25, 0.3) is 0 Å². The Labute approximate surface area is 158 Å². The molecule has 1 aromatic heterocycles. The highest BCUT2D eigenvalue weighted by molar-refractivity contribution is 5.89. The molecule has 1 aliphatic heterocycles. The number of carbonyl (C=O) groups excluding carboxylic acids is 1. The predicted octanol–water partition coefficient (Wildman–Crippen LogP) is 3.94. The Morgan fingerprint density at radius 2 is 1.63 bits per heavy atom. The predicted molar refractivity (Wildman–Crippen MR) is 103 cm³/mol. The Bertz CT molecular complexity index is 889. The fraction of sp³-hybridized carbons (Fsp3) is 0.227. The Morgan fingerprint density at radius 3 is 2.19 bits per heavy atom. The van der Waals surface area contributed by atoms with Gasteiger partial charge in [0.15, 0.2) is 0 Å². The lowest BCUT2D eigenvalue weighted by atomic mass is 9.87. The number of nitrogens with one attached hydrogen (secondary N) is 1. The van der Waals surface area contributed by atoms with Crippen molar-refractivity contribution < 1.29 is 13.9 Å². The first-order chi connectivity index (χ1) is 13.1. The molecule has 1 atom stereocenters. The molecule has 0 saturated carbocycles. The minimum absolute atomic E-state index is 0.0331. The number of hydrogen-bond acceptors (Lipinski definition) is 4. The van der Waals surface area contributed by atoms with E-state index in [1.165, 1.54) is 0 Å². The van der Waals surface area contributed by atoms with Crippen molar-refractivity contribution in [1.29, 1.82) is 0 Å². The first kappa shape index (κ1) is 17.4. The molecule has 5 nitrogen and oxygen atoms in total. The number of furan rings is 1. The Kier molecular flexibility index (Phi) is 4.69. The van der Waals surface area contributed by atoms with E-state index in [9.17, 15) is 4.79 Å². The van der Waals surface area contributed by atoms with Crippen LogP contribution >= 0.6 is 0 Å². The summed E-state index contributed by atoms with van der Waals surface area (Å²) in [6.07, 6.45) is 1.65. The Morgan fingerprint density at radius 1 is 1.00 bits per heavy atom. The van der Waals surface area contributed by atoms with E-state index in [1.54, 1.807) is 6.26 Å². The molecule has 0 bridgehead atoms. The van der Waals surface area contributed by atoms with Gasteiger partial charge in [-0.2, -0.15) is 0 Å². The van der Waals surface area contributed by atoms with Crippen LogP contribution in [0.5, 0.6) is 11.5 Å². The Balaban J connectivity index is 1.60. The molecule has 1 unspecified atom stereocenters. The van der Waals surface area contributed by atoms with E-state index in [-0.39, 0.29) is 11.9 Å². The molecular weight excluding hydrogens is 340 g/mol. The summed E-state index contributed by atoms with van der Waals surface area (Å²) >= 11 is 0. The summed E-state index contributed by atoms with van der Waals surface area (Å²) in [6.45, 7) is 0.459. The summed E-state index contributed by atoms with van der Waals surface area (Å²) in [6, 6.07) is 19.2. The number of ether oxygens (including phenoxy) is 1. The zero-order chi connectivity index (χ0) is 18.8. The van der Waals surface area contributed by atoms with Crippen LogP contribution in [-0.4, -0.2) is 31.4 Å². The van der Waals surface area contributed by atoms with Gasteiger partial charge >= 0.3 is 0 Å². The quantitative estimate of drug-likeness (QED) is 0.747. The van der Waals surface area contributed by atoms with Crippen molar-refractivity contribution >= 4 is 5.91 Å². The van der Waals surface area contributed by atoms with E-state index in [0.29, 0.717) is 6.54 Å². The third kappa shape index (κ3) is 3.34. The maximum absolute atomic E-state index is 13.2. The number of hydrogen-bond donors (Lipinski definition) is 1. The highest BCUT2D eigenvalue weighted by Crippen LogP contribution is 2.43. The van der Waals surface area contributed by atoms with Crippen LogP contribution in [0.15, 0.2) is 71.3 Å². The standard InChI is InChI=1S/C22H22N2O3/c1-24(2)17(20-12-7-13-26-20)14-23-22(25)21-15-8-3-5-10-18(15)27-19-11-6-4-9-16(19)21/h3-13,17,21H,14H2,1-2H3,(H,23,25). The number of carbonyl (C=O) groups is 1. The van der Waals surface area contributed by atoms with Crippen LogP contribution in [0.2, 0.25) is 0 Å². The van der Waals surface area contributed by atoms with Crippen LogP contribution in [0.3, 0.4) is 0 Å². The van der Waals surface area contributed by atoms with Gasteiger partial charge in [-0.1, -0.05) is 36.4 Å². The van der Waals surface area contributed by atoms with Crippen molar-refractivity contribution in [3.8, 4) is 11.5 Å². The van der Waals surface area contributed by atoms with E-state index in [2.05, 4.69) is 5.32 Å². The van der Waals surface area contributed by atoms with Gasteiger partial charge in [-0.15, -0.1) is 0 Å². The van der Waals surface area contributed by atoms with Crippen molar-refractivity contribution in [3.63, 3.8) is 0 Å². The van der Waals surface area contributed by atoms with Gasteiger partial charge in [0.1, 0.15) is 17.3 Å². The second-order valence-corrected chi connectivity index (χ2v) is 6.85. The lowest BCUT2D eigenvalue weighted by molar-refractivity contribution is -0.122. The number of rotatable bonds is 5. The average molecular weight is 362 g/mol. The summed E-state index contributed by atoms with van der Waals surface area (Å²) in [4.78, 5) is 15.2. The molecule has 27 heavy (non-hydrogen) atoms. The molecule has 1 amide bonds. The molecule has 1 N–H and O–H groups in total. The highest BCUT2D eigenvalue weighted by Gasteiger charge is 2.32. The van der Waals surface area contributed by atoms with Gasteiger partial charge in [0.2, 0.25) is 5.91 Å². The van der Waals surface area contributed by atoms with Crippen LogP contribution in [0.1, 0.15) is 28.8 Å². The summed E-state index contributed by atoms with van der Waals surface area (Å²) < 4.78 is 11.5. The summed E-state index contributed by atoms with van der Waals surface area (Å²) in [7, 11) is 3.94. The molecular formula is C22H22N2O3. The van der Waals surface area contributed by atoms with Crippen molar-refractivity contribution in [1.82, 2.24) is 10.2 Å². The summed E-state index contributed by atoms with van der Waals surface area (Å²) in [5.74, 6) is 1.84. The van der Waals surface area contributed by atoms with E-state index in [4.69, 9.17) is 9.15 Å². The normalized spacial score (nSPS) is 14.2. The third-order valence-corrected chi connectivity index (χ3v) is 4.91. The van der Waals surface area contributed by atoms with Crippen LogP contribution in [0.4, 0.5) is 0 Å². The number of fused-ring (bicyclic) bond motifs is 2. The molecule has 138 valence electrons. The second kappa shape index (κ2) is 7.29. The molecule has 0 fully saturated rings. The molecule has 0 saturated heterocycles. The summed E-state index contributed by atoms with van der Waals surface area (Å²) in [5.41, 5.74) is 1.77. The molecule has 4 rings (SSSR count). The maximum atomic E-state index is 13.2. The van der Waals surface area contributed by atoms with E-state index in [1.807, 2.05) is 79.7 Å².